The molecular weight excluding hydrogens is 446 g/mol. The van der Waals surface area contributed by atoms with Crippen LogP contribution in [0.5, 0.6) is 0 Å². The highest BCUT2D eigenvalue weighted by Gasteiger charge is 2.25. The lowest BCUT2D eigenvalue weighted by Gasteiger charge is -2.25. The number of nitrogens with one attached hydrogen (secondary N) is 1. The molecule has 0 aliphatic heterocycles. The highest BCUT2D eigenvalue weighted by molar-refractivity contribution is 9.10. The first kappa shape index (κ1) is 20.0. The number of hydrogen-bond acceptors (Lipinski definition) is 3. The number of aromatic nitrogens is 2. The van der Waals surface area contributed by atoms with Crippen molar-refractivity contribution in [1.82, 2.24) is 15.1 Å². The van der Waals surface area contributed by atoms with Gasteiger partial charge in [0.2, 0.25) is 0 Å². The van der Waals surface area contributed by atoms with Gasteiger partial charge >= 0.3 is 0 Å². The van der Waals surface area contributed by atoms with Crippen LogP contribution in [-0.2, 0) is 0 Å². The van der Waals surface area contributed by atoms with E-state index >= 15 is 0 Å². The zero-order chi connectivity index (χ0) is 20.7. The summed E-state index contributed by atoms with van der Waals surface area (Å²) in [6.07, 6.45) is 0. The molecule has 0 bridgehead atoms. The molecule has 1 aromatic heterocycles. The van der Waals surface area contributed by atoms with Crippen LogP contribution >= 0.6 is 15.9 Å². The van der Waals surface area contributed by atoms with E-state index in [0.29, 0.717) is 0 Å². The molecule has 1 amide bonds. The van der Waals surface area contributed by atoms with Crippen molar-refractivity contribution in [3.05, 3.63) is 73.6 Å². The number of carbonyl (C=O) groups is 1. The summed E-state index contributed by atoms with van der Waals surface area (Å²) in [6, 6.07) is 2.45. The second-order valence-electron chi connectivity index (χ2n) is 6.10. The highest BCUT2D eigenvalue weighted by Crippen LogP contribution is 2.27. The molecule has 146 valence electrons. The van der Waals surface area contributed by atoms with Gasteiger partial charge in [-0.3, -0.25) is 9.59 Å². The third kappa shape index (κ3) is 3.39. The average molecular weight is 458 g/mol. The van der Waals surface area contributed by atoms with Crippen molar-refractivity contribution in [2.45, 2.75) is 13.0 Å². The smallest absolute Gasteiger partial charge is 0.272 e. The molecule has 1 unspecified atom stereocenters. The van der Waals surface area contributed by atoms with Crippen molar-refractivity contribution < 1.29 is 22.4 Å². The summed E-state index contributed by atoms with van der Waals surface area (Å²) in [5.74, 6) is -5.02. The summed E-state index contributed by atoms with van der Waals surface area (Å²) in [5.41, 5.74) is -0.892. The fourth-order valence-electron chi connectivity index (χ4n) is 2.74. The molecule has 2 aromatic carbocycles. The normalized spacial score (nSPS) is 12.2. The van der Waals surface area contributed by atoms with Crippen LogP contribution in [0.25, 0.3) is 10.8 Å². The number of rotatable bonds is 3. The Bertz CT molecular complexity index is 1140. The Morgan fingerprint density at radius 1 is 1.04 bits per heavy atom. The average Bonchev–Trinajstić information content (AvgIpc) is 2.66. The lowest BCUT2D eigenvalue weighted by atomic mass is 10.0. The van der Waals surface area contributed by atoms with Crippen molar-refractivity contribution in [2.24, 2.45) is 0 Å². The second-order valence-corrected chi connectivity index (χ2v) is 6.89. The number of carbonyl (C=O) groups excluding carboxylic acids is 1. The van der Waals surface area contributed by atoms with Crippen molar-refractivity contribution in [3.8, 4) is 0 Å². The molecule has 0 aliphatic rings. The van der Waals surface area contributed by atoms with E-state index in [1.165, 1.54) is 14.0 Å². The van der Waals surface area contributed by atoms with Crippen LogP contribution in [0, 0.1) is 23.3 Å². The molecule has 1 N–H and O–H groups in total. The number of hydrogen-bond donors (Lipinski definition) is 1. The number of amides is 1. The van der Waals surface area contributed by atoms with E-state index in [1.54, 1.807) is 0 Å². The quantitative estimate of drug-likeness (QED) is 0.476. The maximum atomic E-state index is 13.7. The SMILES string of the molecule is CC(c1n[nH]c(=O)c2cc(F)c(F)cc12)N(C)C(=O)c1cc(F)c(Br)c(F)c1. The van der Waals surface area contributed by atoms with E-state index in [9.17, 15) is 27.2 Å². The number of aromatic amines is 1. The lowest BCUT2D eigenvalue weighted by molar-refractivity contribution is 0.0739. The van der Waals surface area contributed by atoms with Gasteiger partial charge in [-0.1, -0.05) is 0 Å². The standard InChI is InChI=1S/C18H12BrF4N3O2/c1-7(26(2)18(28)8-3-13(22)15(19)14(23)4-8)16-9-5-11(20)12(21)6-10(9)17(27)25-24-16/h3-7H,1-2H3,(H,25,27). The highest BCUT2D eigenvalue weighted by atomic mass is 79.9. The topological polar surface area (TPSA) is 66.1 Å². The number of fused-ring (bicyclic) bond motifs is 1. The largest absolute Gasteiger partial charge is 0.333 e. The zero-order valence-electron chi connectivity index (χ0n) is 14.5. The summed E-state index contributed by atoms with van der Waals surface area (Å²) >= 11 is 2.73. The van der Waals surface area contributed by atoms with Crippen LogP contribution in [0.1, 0.15) is 29.0 Å². The van der Waals surface area contributed by atoms with E-state index in [2.05, 4.69) is 26.1 Å². The van der Waals surface area contributed by atoms with Crippen molar-refractivity contribution >= 4 is 32.6 Å². The Balaban J connectivity index is 2.05. The summed E-state index contributed by atoms with van der Waals surface area (Å²) in [7, 11) is 1.35. The van der Waals surface area contributed by atoms with Gasteiger partial charge < -0.3 is 4.90 Å². The Morgan fingerprint density at radius 3 is 2.14 bits per heavy atom. The molecule has 5 nitrogen and oxygen atoms in total. The molecular formula is C18H12BrF4N3O2. The molecule has 0 spiro atoms. The van der Waals surface area contributed by atoms with Gasteiger partial charge in [0.1, 0.15) is 11.6 Å². The number of nitrogens with zero attached hydrogens (tertiary/aromatic N) is 2. The molecule has 3 aromatic rings. The van der Waals surface area contributed by atoms with Gasteiger partial charge in [0, 0.05) is 18.0 Å². The molecule has 10 heteroatoms. The monoisotopic (exact) mass is 457 g/mol. The molecule has 1 heterocycles. The van der Waals surface area contributed by atoms with Crippen LogP contribution in [0.3, 0.4) is 0 Å². The van der Waals surface area contributed by atoms with Crippen LogP contribution in [0.15, 0.2) is 33.5 Å². The summed E-state index contributed by atoms with van der Waals surface area (Å²) in [6.45, 7) is 1.52. The number of halogens is 5. The maximum Gasteiger partial charge on any atom is 0.272 e. The van der Waals surface area contributed by atoms with Crippen LogP contribution in [0.2, 0.25) is 0 Å². The van der Waals surface area contributed by atoms with Gasteiger partial charge in [-0.05, 0) is 47.1 Å². The van der Waals surface area contributed by atoms with Crippen molar-refractivity contribution in [3.63, 3.8) is 0 Å². The van der Waals surface area contributed by atoms with Crippen LogP contribution in [-0.4, -0.2) is 28.1 Å². The zero-order valence-corrected chi connectivity index (χ0v) is 16.1. The summed E-state index contributed by atoms with van der Waals surface area (Å²) in [4.78, 5) is 25.6. The lowest BCUT2D eigenvalue weighted by Crippen LogP contribution is -2.31. The van der Waals surface area contributed by atoms with E-state index < -0.39 is 45.2 Å². The molecule has 1 atom stereocenters. The van der Waals surface area contributed by atoms with Gasteiger partial charge in [-0.15, -0.1) is 0 Å². The van der Waals surface area contributed by atoms with E-state index in [4.69, 9.17) is 0 Å². The van der Waals surface area contributed by atoms with Crippen molar-refractivity contribution in [1.29, 1.82) is 0 Å². The first-order valence-corrected chi connectivity index (χ1v) is 8.70. The second kappa shape index (κ2) is 7.34. The summed E-state index contributed by atoms with van der Waals surface area (Å²) in [5, 5.41) is 5.89. The third-order valence-corrected chi connectivity index (χ3v) is 5.14. The predicted octanol–water partition coefficient (Wildman–Crippen LogP) is 4.08. The molecule has 0 saturated carbocycles. The minimum absolute atomic E-state index is 0.0166. The van der Waals surface area contributed by atoms with Crippen LogP contribution < -0.4 is 5.56 Å². The van der Waals surface area contributed by atoms with Gasteiger partial charge in [-0.25, -0.2) is 22.7 Å². The first-order valence-electron chi connectivity index (χ1n) is 7.90. The van der Waals surface area contributed by atoms with E-state index in [-0.39, 0.29) is 22.0 Å². The molecule has 3 rings (SSSR count). The molecule has 28 heavy (non-hydrogen) atoms. The minimum Gasteiger partial charge on any atom is -0.333 e. The van der Waals surface area contributed by atoms with Gasteiger partial charge in [-0.2, -0.15) is 5.10 Å². The molecule has 0 saturated heterocycles. The predicted molar refractivity (Wildman–Crippen MR) is 96.8 cm³/mol. The molecule has 0 aliphatic carbocycles. The molecule has 0 radical (unpaired) electrons. The molecule has 0 fully saturated rings. The van der Waals surface area contributed by atoms with Crippen LogP contribution in [0.4, 0.5) is 17.6 Å². The third-order valence-electron chi connectivity index (χ3n) is 4.39. The Kier molecular flexibility index (Phi) is 5.24. The Labute approximate surface area is 164 Å². The first-order chi connectivity index (χ1) is 13.1. The fraction of sp³-hybridized carbons (Fsp3) is 0.167. The number of benzene rings is 2. The number of H-pyrrole nitrogens is 1. The van der Waals surface area contributed by atoms with E-state index in [1.807, 2.05) is 0 Å². The van der Waals surface area contributed by atoms with Crippen molar-refractivity contribution in [2.75, 3.05) is 7.05 Å². The van der Waals surface area contributed by atoms with E-state index in [0.717, 1.165) is 29.2 Å². The minimum atomic E-state index is -1.20. The van der Waals surface area contributed by atoms with Gasteiger partial charge in [0.15, 0.2) is 11.6 Å². The maximum absolute atomic E-state index is 13.7. The Hall–Kier alpha value is -2.75. The van der Waals surface area contributed by atoms with Gasteiger partial charge in [0.25, 0.3) is 11.5 Å². The summed E-state index contributed by atoms with van der Waals surface area (Å²) < 4.78 is 54.3. The van der Waals surface area contributed by atoms with Gasteiger partial charge in [0.05, 0.1) is 21.6 Å². The Morgan fingerprint density at radius 2 is 1.57 bits per heavy atom. The fourth-order valence-corrected chi connectivity index (χ4v) is 2.97.